The number of likely N-dealkylation sites (tertiary alicyclic amines) is 1. The number of halogens is 1. The number of nitrogens with zero attached hydrogens (tertiary/aromatic N) is 5. The zero-order valence-corrected chi connectivity index (χ0v) is 19.1. The first-order valence-electron chi connectivity index (χ1n) is 12.2. The summed E-state index contributed by atoms with van der Waals surface area (Å²) in [5.74, 6) is 1.34. The fourth-order valence-electron chi connectivity index (χ4n) is 5.37. The summed E-state index contributed by atoms with van der Waals surface area (Å²) < 4.78 is 15.5. The molecule has 0 unspecified atom stereocenters. The molecule has 1 aromatic carbocycles. The maximum Gasteiger partial charge on any atom is 0.237 e. The fraction of sp³-hybridized carbons (Fsp3) is 0.500. The first-order valence-corrected chi connectivity index (χ1v) is 12.2. The van der Waals surface area contributed by atoms with Gasteiger partial charge in [0.25, 0.3) is 0 Å². The minimum Gasteiger partial charge on any atom is -0.334 e. The summed E-state index contributed by atoms with van der Waals surface area (Å²) in [5, 5.41) is 8.74. The third kappa shape index (κ3) is 5.08. The highest BCUT2D eigenvalue weighted by Crippen LogP contribution is 2.28. The molecule has 1 amide bonds. The largest absolute Gasteiger partial charge is 0.334 e. The lowest BCUT2D eigenvalue weighted by Crippen LogP contribution is -2.47. The standard InChI is InChI=1S/C26H32FN5O/c27-22-11-9-20(10-12-22)18-32(23-6-2-1-3-7-23)25(33)19-30-16-13-21(14-17-30)26-29-28-24-8-4-5-15-31(24)26/h4-5,8-12,15,21,23H,1-3,6-7,13-14,16-19H2. The van der Waals surface area contributed by atoms with Crippen LogP contribution in [-0.2, 0) is 11.3 Å². The Balaban J connectivity index is 1.22. The predicted octanol–water partition coefficient (Wildman–Crippen LogP) is 4.41. The van der Waals surface area contributed by atoms with Crippen molar-refractivity contribution in [3.05, 3.63) is 65.9 Å². The average Bonchev–Trinajstić information content (AvgIpc) is 3.29. The van der Waals surface area contributed by atoms with Crippen molar-refractivity contribution in [2.24, 2.45) is 0 Å². The van der Waals surface area contributed by atoms with Crippen molar-refractivity contribution in [3.63, 3.8) is 0 Å². The number of fused-ring (bicyclic) bond motifs is 1. The van der Waals surface area contributed by atoms with Gasteiger partial charge in [0.05, 0.1) is 6.54 Å². The summed E-state index contributed by atoms with van der Waals surface area (Å²) in [5.41, 5.74) is 1.88. The Hall–Kier alpha value is -2.80. The number of amides is 1. The van der Waals surface area contributed by atoms with Gasteiger partial charge >= 0.3 is 0 Å². The molecule has 2 aromatic heterocycles. The summed E-state index contributed by atoms with van der Waals surface area (Å²) in [6.45, 7) is 2.78. The SMILES string of the molecule is O=C(CN1CCC(c2nnc3ccccn23)CC1)N(Cc1ccc(F)cc1)C1CCCCC1. The van der Waals surface area contributed by atoms with E-state index in [0.29, 0.717) is 19.0 Å². The number of rotatable bonds is 6. The topological polar surface area (TPSA) is 53.7 Å². The van der Waals surface area contributed by atoms with E-state index in [4.69, 9.17) is 0 Å². The highest BCUT2D eigenvalue weighted by Gasteiger charge is 2.29. The Morgan fingerprint density at radius 1 is 0.970 bits per heavy atom. The van der Waals surface area contributed by atoms with Crippen LogP contribution < -0.4 is 0 Å². The van der Waals surface area contributed by atoms with E-state index in [9.17, 15) is 9.18 Å². The molecule has 1 aliphatic heterocycles. The van der Waals surface area contributed by atoms with E-state index in [1.807, 2.05) is 24.4 Å². The highest BCUT2D eigenvalue weighted by molar-refractivity contribution is 5.78. The van der Waals surface area contributed by atoms with Crippen LogP contribution in [0.5, 0.6) is 0 Å². The Morgan fingerprint density at radius 2 is 1.73 bits per heavy atom. The van der Waals surface area contributed by atoms with E-state index in [0.717, 1.165) is 55.8 Å². The normalized spacial score (nSPS) is 18.6. The van der Waals surface area contributed by atoms with Crippen molar-refractivity contribution < 1.29 is 9.18 Å². The van der Waals surface area contributed by atoms with Crippen LogP contribution in [0.25, 0.3) is 5.65 Å². The molecular formula is C26H32FN5O. The van der Waals surface area contributed by atoms with E-state index < -0.39 is 0 Å². The number of carbonyl (C=O) groups is 1. The molecular weight excluding hydrogens is 417 g/mol. The van der Waals surface area contributed by atoms with Crippen LogP contribution in [0.2, 0.25) is 0 Å². The lowest BCUT2D eigenvalue weighted by molar-refractivity contribution is -0.136. The van der Waals surface area contributed by atoms with Crippen molar-refractivity contribution in [3.8, 4) is 0 Å². The monoisotopic (exact) mass is 449 g/mol. The molecule has 7 heteroatoms. The lowest BCUT2D eigenvalue weighted by Gasteiger charge is -2.37. The van der Waals surface area contributed by atoms with Crippen molar-refractivity contribution in [2.45, 2.75) is 63.5 Å². The van der Waals surface area contributed by atoms with Crippen LogP contribution in [0.1, 0.15) is 62.3 Å². The van der Waals surface area contributed by atoms with Gasteiger partial charge in [0.2, 0.25) is 5.91 Å². The van der Waals surface area contributed by atoms with Gasteiger partial charge in [0, 0.05) is 24.7 Å². The second-order valence-corrected chi connectivity index (χ2v) is 9.48. The van der Waals surface area contributed by atoms with Gasteiger partial charge in [-0.1, -0.05) is 37.5 Å². The summed E-state index contributed by atoms with van der Waals surface area (Å²) in [6.07, 6.45) is 9.71. The molecule has 3 aromatic rings. The lowest BCUT2D eigenvalue weighted by atomic mass is 9.93. The molecule has 0 bridgehead atoms. The molecule has 2 fully saturated rings. The zero-order valence-electron chi connectivity index (χ0n) is 19.1. The fourth-order valence-corrected chi connectivity index (χ4v) is 5.37. The second-order valence-electron chi connectivity index (χ2n) is 9.48. The molecule has 3 heterocycles. The minimum atomic E-state index is -0.238. The molecule has 0 atom stereocenters. The van der Waals surface area contributed by atoms with E-state index in [2.05, 4.69) is 24.4 Å². The Kier molecular flexibility index (Phi) is 6.67. The molecule has 0 N–H and O–H groups in total. The molecule has 0 spiro atoms. The Bertz CT molecular complexity index is 1070. The molecule has 174 valence electrons. The van der Waals surface area contributed by atoms with Gasteiger partial charge in [-0.05, 0) is 68.6 Å². The summed E-state index contributed by atoms with van der Waals surface area (Å²) in [6, 6.07) is 12.8. The van der Waals surface area contributed by atoms with Gasteiger partial charge in [0.1, 0.15) is 11.6 Å². The van der Waals surface area contributed by atoms with Gasteiger partial charge in [-0.15, -0.1) is 10.2 Å². The first kappa shape index (κ1) is 22.0. The molecule has 0 radical (unpaired) electrons. The zero-order chi connectivity index (χ0) is 22.6. The van der Waals surface area contributed by atoms with E-state index in [-0.39, 0.29) is 17.8 Å². The Morgan fingerprint density at radius 3 is 2.48 bits per heavy atom. The van der Waals surface area contributed by atoms with Gasteiger partial charge in [0.15, 0.2) is 5.65 Å². The number of carbonyl (C=O) groups excluding carboxylic acids is 1. The van der Waals surface area contributed by atoms with Gasteiger partial charge < -0.3 is 4.90 Å². The number of hydrogen-bond acceptors (Lipinski definition) is 4. The van der Waals surface area contributed by atoms with Crippen LogP contribution >= 0.6 is 0 Å². The van der Waals surface area contributed by atoms with Gasteiger partial charge in [-0.3, -0.25) is 14.1 Å². The molecule has 1 aliphatic carbocycles. The van der Waals surface area contributed by atoms with E-state index in [1.54, 1.807) is 12.1 Å². The molecule has 6 nitrogen and oxygen atoms in total. The van der Waals surface area contributed by atoms with Crippen LogP contribution in [0.15, 0.2) is 48.7 Å². The van der Waals surface area contributed by atoms with Gasteiger partial charge in [-0.25, -0.2) is 4.39 Å². The highest BCUT2D eigenvalue weighted by atomic mass is 19.1. The summed E-state index contributed by atoms with van der Waals surface area (Å²) >= 11 is 0. The van der Waals surface area contributed by atoms with Crippen molar-refractivity contribution in [1.82, 2.24) is 24.4 Å². The van der Waals surface area contributed by atoms with E-state index >= 15 is 0 Å². The maximum atomic E-state index is 13.5. The molecule has 2 aliphatic rings. The van der Waals surface area contributed by atoms with Crippen molar-refractivity contribution in [2.75, 3.05) is 19.6 Å². The molecule has 1 saturated heterocycles. The number of hydrogen-bond donors (Lipinski definition) is 0. The van der Waals surface area contributed by atoms with E-state index in [1.165, 1.54) is 31.4 Å². The predicted molar refractivity (Wildman–Crippen MR) is 125 cm³/mol. The number of piperidine rings is 1. The van der Waals surface area contributed by atoms with Crippen LogP contribution in [-0.4, -0.2) is 56.0 Å². The number of aromatic nitrogens is 3. The third-order valence-corrected chi connectivity index (χ3v) is 7.25. The number of pyridine rings is 1. The minimum absolute atomic E-state index is 0.192. The maximum absolute atomic E-state index is 13.5. The van der Waals surface area contributed by atoms with Gasteiger partial charge in [-0.2, -0.15) is 0 Å². The van der Waals surface area contributed by atoms with Crippen molar-refractivity contribution in [1.29, 1.82) is 0 Å². The quantitative estimate of drug-likeness (QED) is 0.559. The third-order valence-electron chi connectivity index (χ3n) is 7.25. The molecule has 33 heavy (non-hydrogen) atoms. The van der Waals surface area contributed by atoms with Crippen molar-refractivity contribution >= 4 is 11.6 Å². The number of benzene rings is 1. The molecule has 5 rings (SSSR count). The summed E-state index contributed by atoms with van der Waals surface area (Å²) in [7, 11) is 0. The second kappa shape index (κ2) is 10.00. The summed E-state index contributed by atoms with van der Waals surface area (Å²) in [4.78, 5) is 17.8. The first-order chi connectivity index (χ1) is 16.2. The smallest absolute Gasteiger partial charge is 0.237 e. The van der Waals surface area contributed by atoms with Crippen LogP contribution in [0, 0.1) is 5.82 Å². The average molecular weight is 450 g/mol. The molecule has 1 saturated carbocycles. The Labute approximate surface area is 194 Å². The van der Waals surface area contributed by atoms with Crippen LogP contribution in [0.4, 0.5) is 4.39 Å². The van der Waals surface area contributed by atoms with Crippen LogP contribution in [0.3, 0.4) is 0 Å².